The zero-order valence-electron chi connectivity index (χ0n) is 8.64. The summed E-state index contributed by atoms with van der Waals surface area (Å²) < 4.78 is 36.4. The third-order valence-corrected chi connectivity index (χ3v) is 4.66. The van der Waals surface area contributed by atoms with Gasteiger partial charge in [0.25, 0.3) is 0 Å². The van der Waals surface area contributed by atoms with E-state index in [9.17, 15) is 17.9 Å². The summed E-state index contributed by atoms with van der Waals surface area (Å²) in [5.41, 5.74) is 0.349. The maximum absolute atomic E-state index is 14.0. The van der Waals surface area contributed by atoms with Crippen LogP contribution in [0.4, 0.5) is 4.39 Å². The van der Waals surface area contributed by atoms with Crippen LogP contribution in [0.25, 0.3) is 0 Å². The molecule has 2 unspecified atom stereocenters. The molecule has 5 heteroatoms. The van der Waals surface area contributed by atoms with Crippen LogP contribution in [0, 0.1) is 5.92 Å². The molecular formula is C11H13FO3S. The molecule has 1 aliphatic heterocycles. The molecule has 1 heterocycles. The second kappa shape index (κ2) is 4.05. The maximum atomic E-state index is 14.0. The van der Waals surface area contributed by atoms with Crippen LogP contribution in [0.15, 0.2) is 24.3 Å². The molecule has 0 aromatic heterocycles. The van der Waals surface area contributed by atoms with Crippen LogP contribution in [0.3, 0.4) is 0 Å². The minimum Gasteiger partial charge on any atom is -0.508 e. The van der Waals surface area contributed by atoms with E-state index in [-0.39, 0.29) is 17.3 Å². The van der Waals surface area contributed by atoms with Gasteiger partial charge in [-0.2, -0.15) is 0 Å². The van der Waals surface area contributed by atoms with E-state index in [1.165, 1.54) is 12.1 Å². The SMILES string of the molecule is O=S1(=O)CCC(C(F)c2cccc(O)c2)C1. The number of phenolic OH excluding ortho intramolecular Hbond substituents is 1. The molecule has 0 aliphatic carbocycles. The Hall–Kier alpha value is -1.10. The fourth-order valence-corrected chi connectivity index (χ4v) is 3.84. The van der Waals surface area contributed by atoms with Crippen molar-refractivity contribution in [3.05, 3.63) is 29.8 Å². The molecule has 0 saturated carbocycles. The largest absolute Gasteiger partial charge is 0.508 e. The summed E-state index contributed by atoms with van der Waals surface area (Å²) in [6.45, 7) is 0. The number of hydrogen-bond acceptors (Lipinski definition) is 3. The molecule has 3 nitrogen and oxygen atoms in total. The maximum Gasteiger partial charge on any atom is 0.150 e. The van der Waals surface area contributed by atoms with Gasteiger partial charge in [0.1, 0.15) is 11.9 Å². The third-order valence-electron chi connectivity index (χ3n) is 2.87. The van der Waals surface area contributed by atoms with Crippen LogP contribution in [0.2, 0.25) is 0 Å². The van der Waals surface area contributed by atoms with Gasteiger partial charge in [-0.05, 0) is 24.1 Å². The molecule has 88 valence electrons. The highest BCUT2D eigenvalue weighted by molar-refractivity contribution is 7.91. The second-order valence-electron chi connectivity index (χ2n) is 4.16. The van der Waals surface area contributed by atoms with E-state index in [4.69, 9.17) is 0 Å². The normalized spacial score (nSPS) is 25.4. The lowest BCUT2D eigenvalue weighted by molar-refractivity contribution is 0.250. The zero-order chi connectivity index (χ0) is 11.8. The van der Waals surface area contributed by atoms with Crippen molar-refractivity contribution >= 4 is 9.84 Å². The molecule has 2 rings (SSSR count). The minimum atomic E-state index is -3.06. The Labute approximate surface area is 93.8 Å². The van der Waals surface area contributed by atoms with Crippen molar-refractivity contribution in [1.29, 1.82) is 0 Å². The first kappa shape index (κ1) is 11.4. The smallest absolute Gasteiger partial charge is 0.150 e. The van der Waals surface area contributed by atoms with Crippen molar-refractivity contribution in [2.75, 3.05) is 11.5 Å². The van der Waals surface area contributed by atoms with Crippen LogP contribution >= 0.6 is 0 Å². The summed E-state index contributed by atoms with van der Waals surface area (Å²) in [5.74, 6) is -0.506. The van der Waals surface area contributed by atoms with E-state index in [2.05, 4.69) is 0 Å². The molecule has 1 saturated heterocycles. The van der Waals surface area contributed by atoms with Crippen molar-refractivity contribution in [2.45, 2.75) is 12.6 Å². The summed E-state index contributed by atoms with van der Waals surface area (Å²) >= 11 is 0. The van der Waals surface area contributed by atoms with Crippen molar-refractivity contribution in [3.63, 3.8) is 0 Å². The summed E-state index contributed by atoms with van der Waals surface area (Å²) in [6.07, 6.45) is -0.955. The number of phenols is 1. The van der Waals surface area contributed by atoms with Crippen LogP contribution in [-0.4, -0.2) is 25.0 Å². The predicted molar refractivity (Wildman–Crippen MR) is 58.7 cm³/mol. The van der Waals surface area contributed by atoms with Gasteiger partial charge in [-0.3, -0.25) is 0 Å². The number of alkyl halides is 1. The number of aromatic hydroxyl groups is 1. The Balaban J connectivity index is 2.17. The summed E-state index contributed by atoms with van der Waals surface area (Å²) in [4.78, 5) is 0. The standard InChI is InChI=1S/C11H13FO3S/c12-11(8-2-1-3-10(13)6-8)9-4-5-16(14,15)7-9/h1-3,6,9,11,13H,4-5,7H2. The van der Waals surface area contributed by atoms with E-state index >= 15 is 0 Å². The van der Waals surface area contributed by atoms with Gasteiger partial charge in [0, 0.05) is 5.92 Å². The summed E-state index contributed by atoms with van der Waals surface area (Å²) in [5, 5.41) is 9.22. The van der Waals surface area contributed by atoms with Crippen LogP contribution in [0.5, 0.6) is 5.75 Å². The lowest BCUT2D eigenvalue weighted by Gasteiger charge is -2.14. The quantitative estimate of drug-likeness (QED) is 0.863. The van der Waals surface area contributed by atoms with Gasteiger partial charge in [-0.1, -0.05) is 12.1 Å². The van der Waals surface area contributed by atoms with E-state index in [0.29, 0.717) is 12.0 Å². The van der Waals surface area contributed by atoms with Crippen LogP contribution in [0.1, 0.15) is 18.2 Å². The molecule has 1 aromatic rings. The number of sulfone groups is 1. The highest BCUT2D eigenvalue weighted by Crippen LogP contribution is 2.35. The Morgan fingerprint density at radius 1 is 1.44 bits per heavy atom. The highest BCUT2D eigenvalue weighted by Gasteiger charge is 2.34. The molecule has 1 aromatic carbocycles. The second-order valence-corrected chi connectivity index (χ2v) is 6.39. The van der Waals surface area contributed by atoms with Crippen molar-refractivity contribution < 1.29 is 17.9 Å². The zero-order valence-corrected chi connectivity index (χ0v) is 9.45. The summed E-state index contributed by atoms with van der Waals surface area (Å²) in [6, 6.07) is 5.92. The minimum absolute atomic E-state index is 0.000930. The fraction of sp³-hybridized carbons (Fsp3) is 0.455. The van der Waals surface area contributed by atoms with Gasteiger partial charge in [-0.25, -0.2) is 12.8 Å². The van der Waals surface area contributed by atoms with Gasteiger partial charge in [0.05, 0.1) is 11.5 Å². The van der Waals surface area contributed by atoms with E-state index in [1.54, 1.807) is 12.1 Å². The van der Waals surface area contributed by atoms with E-state index in [0.717, 1.165) is 0 Å². The molecule has 1 aliphatic rings. The van der Waals surface area contributed by atoms with Gasteiger partial charge in [-0.15, -0.1) is 0 Å². The Bertz CT molecular complexity index is 484. The molecule has 1 fully saturated rings. The molecule has 1 N–H and O–H groups in total. The average Bonchev–Trinajstić information content (AvgIpc) is 2.58. The summed E-state index contributed by atoms with van der Waals surface area (Å²) in [7, 11) is -3.06. The number of benzene rings is 1. The van der Waals surface area contributed by atoms with Crippen molar-refractivity contribution in [1.82, 2.24) is 0 Å². The van der Waals surface area contributed by atoms with Crippen LogP contribution in [-0.2, 0) is 9.84 Å². The Kier molecular flexibility index (Phi) is 2.88. The first-order chi connectivity index (χ1) is 7.48. The average molecular weight is 244 g/mol. The molecule has 0 bridgehead atoms. The van der Waals surface area contributed by atoms with Crippen LogP contribution < -0.4 is 0 Å². The lowest BCUT2D eigenvalue weighted by Crippen LogP contribution is -2.11. The predicted octanol–water partition coefficient (Wildman–Crippen LogP) is 1.84. The topological polar surface area (TPSA) is 54.4 Å². The number of hydrogen-bond donors (Lipinski definition) is 1. The van der Waals surface area contributed by atoms with Crippen molar-refractivity contribution in [3.8, 4) is 5.75 Å². The molecular weight excluding hydrogens is 231 g/mol. The first-order valence-electron chi connectivity index (χ1n) is 5.11. The molecule has 0 spiro atoms. The molecule has 2 atom stereocenters. The molecule has 0 amide bonds. The van der Waals surface area contributed by atoms with Gasteiger partial charge < -0.3 is 5.11 Å². The van der Waals surface area contributed by atoms with Gasteiger partial charge in [0.15, 0.2) is 9.84 Å². The van der Waals surface area contributed by atoms with E-state index < -0.39 is 21.9 Å². The van der Waals surface area contributed by atoms with Gasteiger partial charge in [0.2, 0.25) is 0 Å². The molecule has 0 radical (unpaired) electrons. The van der Waals surface area contributed by atoms with E-state index in [1.807, 2.05) is 0 Å². The van der Waals surface area contributed by atoms with Crippen molar-refractivity contribution in [2.24, 2.45) is 5.92 Å². The highest BCUT2D eigenvalue weighted by atomic mass is 32.2. The Morgan fingerprint density at radius 2 is 2.19 bits per heavy atom. The fourth-order valence-electron chi connectivity index (χ4n) is 2.02. The van der Waals surface area contributed by atoms with Gasteiger partial charge >= 0.3 is 0 Å². The third kappa shape index (κ3) is 2.35. The number of halogens is 1. The first-order valence-corrected chi connectivity index (χ1v) is 6.93. The lowest BCUT2D eigenvalue weighted by atomic mass is 9.96. The monoisotopic (exact) mass is 244 g/mol. The Morgan fingerprint density at radius 3 is 2.75 bits per heavy atom. The molecule has 16 heavy (non-hydrogen) atoms. The number of rotatable bonds is 2.